The van der Waals surface area contributed by atoms with Crippen LogP contribution >= 0.6 is 0 Å². The van der Waals surface area contributed by atoms with E-state index in [2.05, 4.69) is 215 Å². The number of aromatic nitrogens is 5. The molecule has 298 valence electrons. The first-order valence-corrected chi connectivity index (χ1v) is 21.7. The van der Waals surface area contributed by atoms with Crippen LogP contribution in [-0.4, -0.2) is 24.1 Å². The topological polar surface area (TPSA) is 48.5 Å². The van der Waals surface area contributed by atoms with Gasteiger partial charge in [0.1, 0.15) is 0 Å². The van der Waals surface area contributed by atoms with Gasteiger partial charge < -0.3 is 9.13 Å². The Morgan fingerprint density at radius 2 is 0.891 bits per heavy atom. The third-order valence-electron chi connectivity index (χ3n) is 12.7. The molecule has 0 N–H and O–H groups in total. The minimum absolute atomic E-state index is 0.675. The van der Waals surface area contributed by atoms with Gasteiger partial charge in [0.2, 0.25) is 0 Å². The average Bonchev–Trinajstić information content (AvgIpc) is 3.90. The number of para-hydroxylation sites is 5. The molecule has 0 fully saturated rings. The predicted octanol–water partition coefficient (Wildman–Crippen LogP) is 15.0. The number of hydrogen-bond acceptors (Lipinski definition) is 3. The summed E-state index contributed by atoms with van der Waals surface area (Å²) in [5.41, 5.74) is 14.5. The van der Waals surface area contributed by atoms with Crippen molar-refractivity contribution < 1.29 is 0 Å². The molecule has 0 atom stereocenters. The Hall–Kier alpha value is -8.67. The molecule has 0 aliphatic rings. The summed E-state index contributed by atoms with van der Waals surface area (Å²) in [7, 11) is 0. The van der Waals surface area contributed by atoms with Gasteiger partial charge in [-0.05, 0) is 54.6 Å². The number of rotatable bonds is 6. The fourth-order valence-corrected chi connectivity index (χ4v) is 9.90. The molecule has 13 aromatic rings. The minimum Gasteiger partial charge on any atom is -0.309 e. The van der Waals surface area contributed by atoms with Gasteiger partial charge in [-0.3, -0.25) is 0 Å². The van der Waals surface area contributed by atoms with E-state index in [9.17, 15) is 0 Å². The van der Waals surface area contributed by atoms with Crippen molar-refractivity contribution in [2.45, 2.75) is 0 Å². The molecule has 5 heteroatoms. The van der Waals surface area contributed by atoms with E-state index in [0.717, 1.165) is 83.4 Å². The molecule has 0 amide bonds. The van der Waals surface area contributed by atoms with Crippen LogP contribution in [0.2, 0.25) is 0 Å². The summed E-state index contributed by atoms with van der Waals surface area (Å²) in [6.07, 6.45) is 0. The highest BCUT2D eigenvalue weighted by atomic mass is 15.0. The largest absolute Gasteiger partial charge is 0.309 e. The third kappa shape index (κ3) is 5.61. The Bertz CT molecular complexity index is 3870. The quantitative estimate of drug-likeness (QED) is 0.157. The molecule has 0 radical (unpaired) electrons. The maximum atomic E-state index is 5.41. The van der Waals surface area contributed by atoms with Gasteiger partial charge in [0.05, 0.1) is 44.7 Å². The highest BCUT2D eigenvalue weighted by Gasteiger charge is 2.23. The number of hydrogen-bond donors (Lipinski definition) is 0. The normalized spacial score (nSPS) is 11.8. The second-order valence-corrected chi connectivity index (χ2v) is 16.3. The van der Waals surface area contributed by atoms with Crippen LogP contribution < -0.4 is 0 Å². The molecule has 0 spiro atoms. The summed E-state index contributed by atoms with van der Waals surface area (Å²) >= 11 is 0. The van der Waals surface area contributed by atoms with Crippen LogP contribution in [0, 0.1) is 0 Å². The molecule has 5 nitrogen and oxygen atoms in total. The number of pyridine rings is 1. The van der Waals surface area contributed by atoms with Crippen LogP contribution in [0.1, 0.15) is 0 Å². The fourth-order valence-electron chi connectivity index (χ4n) is 9.90. The van der Waals surface area contributed by atoms with Gasteiger partial charge in [-0.2, -0.15) is 0 Å². The molecule has 4 aromatic heterocycles. The molecule has 0 unspecified atom stereocenters. The molecule has 64 heavy (non-hydrogen) atoms. The van der Waals surface area contributed by atoms with E-state index in [4.69, 9.17) is 15.0 Å². The Morgan fingerprint density at radius 1 is 0.312 bits per heavy atom. The zero-order chi connectivity index (χ0) is 42.1. The number of nitrogens with zero attached hydrogens (tertiary/aromatic N) is 5. The smallest absolute Gasteiger partial charge is 0.160 e. The van der Waals surface area contributed by atoms with E-state index >= 15 is 0 Å². The van der Waals surface area contributed by atoms with Crippen LogP contribution in [0.4, 0.5) is 0 Å². The summed E-state index contributed by atoms with van der Waals surface area (Å²) < 4.78 is 4.77. The van der Waals surface area contributed by atoms with Crippen LogP contribution in [-0.2, 0) is 0 Å². The SMILES string of the molecule is c1ccc(-c2nc(-c3ccc(-n4c5ccccc5c5ccccc54)cc3)cc(-c3cccc4c5c6c(ccc5n(-c5ccccc5)c34)c(-c3ccccc3)nc3ccccc36)n2)cc1. The summed E-state index contributed by atoms with van der Waals surface area (Å²) in [5, 5.41) is 8.26. The zero-order valence-electron chi connectivity index (χ0n) is 34.6. The van der Waals surface area contributed by atoms with Crippen molar-refractivity contribution in [3.63, 3.8) is 0 Å². The molecule has 9 aromatic carbocycles. The molecule has 0 bridgehead atoms. The van der Waals surface area contributed by atoms with Gasteiger partial charge in [0.15, 0.2) is 5.82 Å². The molecule has 0 aliphatic heterocycles. The number of fused-ring (bicyclic) bond motifs is 10. The number of benzene rings is 9. The Morgan fingerprint density at radius 3 is 1.61 bits per heavy atom. The summed E-state index contributed by atoms with van der Waals surface area (Å²) in [6, 6.07) is 79.5. The predicted molar refractivity (Wildman–Crippen MR) is 265 cm³/mol. The van der Waals surface area contributed by atoms with Crippen LogP contribution in [0.3, 0.4) is 0 Å². The fraction of sp³-hybridized carbons (Fsp3) is 0. The van der Waals surface area contributed by atoms with E-state index in [1.54, 1.807) is 0 Å². The van der Waals surface area contributed by atoms with Gasteiger partial charge in [-0.1, -0.05) is 170 Å². The molecule has 13 rings (SSSR count). The van der Waals surface area contributed by atoms with Crippen molar-refractivity contribution in [2.75, 3.05) is 0 Å². The molecule has 4 heterocycles. The van der Waals surface area contributed by atoms with Gasteiger partial charge in [-0.15, -0.1) is 0 Å². The summed E-state index contributed by atoms with van der Waals surface area (Å²) in [4.78, 5) is 16.0. The van der Waals surface area contributed by atoms with E-state index in [0.29, 0.717) is 5.82 Å². The first-order chi connectivity index (χ1) is 31.8. The zero-order valence-corrected chi connectivity index (χ0v) is 34.6. The van der Waals surface area contributed by atoms with Crippen LogP contribution in [0.15, 0.2) is 224 Å². The lowest BCUT2D eigenvalue weighted by atomic mass is 9.95. The highest BCUT2D eigenvalue weighted by molar-refractivity contribution is 6.30. The van der Waals surface area contributed by atoms with E-state index in [-0.39, 0.29) is 0 Å². The maximum Gasteiger partial charge on any atom is 0.160 e. The monoisotopic (exact) mass is 815 g/mol. The first kappa shape index (κ1) is 36.0. The Kier molecular flexibility index (Phi) is 8.15. The second kappa shape index (κ2) is 14.5. The lowest BCUT2D eigenvalue weighted by Crippen LogP contribution is -1.99. The average molecular weight is 816 g/mol. The van der Waals surface area contributed by atoms with Gasteiger partial charge in [-0.25, -0.2) is 15.0 Å². The highest BCUT2D eigenvalue weighted by Crippen LogP contribution is 2.45. The van der Waals surface area contributed by atoms with E-state index in [1.165, 1.54) is 32.6 Å². The van der Waals surface area contributed by atoms with Crippen molar-refractivity contribution in [3.8, 4) is 56.5 Å². The minimum atomic E-state index is 0.675. The maximum absolute atomic E-state index is 5.41. The van der Waals surface area contributed by atoms with Gasteiger partial charge in [0.25, 0.3) is 0 Å². The lowest BCUT2D eigenvalue weighted by Gasteiger charge is -2.14. The molecule has 0 aliphatic carbocycles. The second-order valence-electron chi connectivity index (χ2n) is 16.3. The lowest BCUT2D eigenvalue weighted by molar-refractivity contribution is 1.16. The van der Waals surface area contributed by atoms with Crippen molar-refractivity contribution in [1.82, 2.24) is 24.1 Å². The molecule has 0 saturated heterocycles. The van der Waals surface area contributed by atoms with Gasteiger partial charge >= 0.3 is 0 Å². The standard InChI is InChI=1S/C59H37N5/c1-4-17-39(18-5-1)57-47-35-36-54-56(55(47)45-25-10-13-28-49(45)60-57)48-27-16-26-46(58(48)64(54)41-21-8-3-9-22-41)51-37-50(61-59(62-51)40-19-6-2-7-20-40)38-31-33-42(34-32-38)63-52-29-14-11-23-43(52)44-24-12-15-30-53(44)63/h1-37H. The molecular formula is C59H37N5. The van der Waals surface area contributed by atoms with Crippen molar-refractivity contribution in [2.24, 2.45) is 0 Å². The molecular weight excluding hydrogens is 779 g/mol. The van der Waals surface area contributed by atoms with Crippen LogP contribution in [0.25, 0.3) is 122 Å². The molecule has 0 saturated carbocycles. The van der Waals surface area contributed by atoms with Gasteiger partial charge in [0, 0.05) is 71.3 Å². The summed E-state index contributed by atoms with van der Waals surface area (Å²) in [6.45, 7) is 0. The third-order valence-corrected chi connectivity index (χ3v) is 12.7. The first-order valence-electron chi connectivity index (χ1n) is 21.7. The Balaban J connectivity index is 1.07. The van der Waals surface area contributed by atoms with Crippen molar-refractivity contribution in [3.05, 3.63) is 224 Å². The van der Waals surface area contributed by atoms with Crippen molar-refractivity contribution in [1.29, 1.82) is 0 Å². The van der Waals surface area contributed by atoms with E-state index < -0.39 is 0 Å². The van der Waals surface area contributed by atoms with E-state index in [1.807, 2.05) is 18.2 Å². The Labute approximate surface area is 368 Å². The van der Waals surface area contributed by atoms with Crippen molar-refractivity contribution >= 4 is 65.3 Å². The van der Waals surface area contributed by atoms with Crippen LogP contribution in [0.5, 0.6) is 0 Å². The summed E-state index contributed by atoms with van der Waals surface area (Å²) in [5.74, 6) is 0.675.